The predicted molar refractivity (Wildman–Crippen MR) is 104 cm³/mol. The first-order valence-corrected chi connectivity index (χ1v) is 9.30. The number of nitrogens with zero attached hydrogens (tertiary/aromatic N) is 2. The van der Waals surface area contributed by atoms with Crippen molar-refractivity contribution in [3.8, 4) is 11.6 Å². The summed E-state index contributed by atoms with van der Waals surface area (Å²) < 4.78 is 11.7. The molecule has 4 rings (SSSR count). The molecule has 1 aliphatic rings. The van der Waals surface area contributed by atoms with Gasteiger partial charge in [-0.1, -0.05) is 36.4 Å². The van der Waals surface area contributed by atoms with Gasteiger partial charge < -0.3 is 9.47 Å². The Balaban J connectivity index is 1.30. The summed E-state index contributed by atoms with van der Waals surface area (Å²) in [4.78, 5) is 7.13. The number of hydrogen-bond acceptors (Lipinski definition) is 4. The molecule has 3 aromatic rings. The van der Waals surface area contributed by atoms with Gasteiger partial charge in [0, 0.05) is 24.0 Å². The third kappa shape index (κ3) is 4.14. The smallest absolute Gasteiger partial charge is 0.218 e. The lowest BCUT2D eigenvalue weighted by Crippen LogP contribution is -2.27. The first-order valence-electron chi connectivity index (χ1n) is 9.30. The summed E-state index contributed by atoms with van der Waals surface area (Å²) in [6.45, 7) is 4.34. The molecule has 1 aliphatic heterocycles. The van der Waals surface area contributed by atoms with E-state index in [4.69, 9.17) is 9.47 Å². The minimum atomic E-state index is 0.693. The lowest BCUT2D eigenvalue weighted by Gasteiger charge is -2.19. The van der Waals surface area contributed by atoms with Gasteiger partial charge in [-0.2, -0.15) is 0 Å². The maximum Gasteiger partial charge on any atom is 0.218 e. The zero-order valence-electron chi connectivity index (χ0n) is 14.9. The van der Waals surface area contributed by atoms with Crippen molar-refractivity contribution in [2.75, 3.05) is 26.3 Å². The topological polar surface area (TPSA) is 34.6 Å². The summed E-state index contributed by atoms with van der Waals surface area (Å²) in [6.07, 6.45) is 2.16. The van der Waals surface area contributed by atoms with Gasteiger partial charge in [0.2, 0.25) is 5.88 Å². The minimum Gasteiger partial charge on any atom is -0.494 e. The van der Waals surface area contributed by atoms with Crippen molar-refractivity contribution in [2.45, 2.75) is 19.4 Å². The second-order valence-electron chi connectivity index (χ2n) is 6.64. The first-order chi connectivity index (χ1) is 12.9. The fraction of sp³-hybridized carbons (Fsp3) is 0.318. The molecule has 0 spiro atoms. The van der Waals surface area contributed by atoms with Crippen LogP contribution >= 0.6 is 0 Å². The van der Waals surface area contributed by atoms with Crippen molar-refractivity contribution in [1.82, 2.24) is 9.88 Å². The quantitative estimate of drug-likeness (QED) is 0.623. The Bertz CT molecular complexity index is 851. The van der Waals surface area contributed by atoms with E-state index in [1.807, 2.05) is 42.5 Å². The highest BCUT2D eigenvalue weighted by molar-refractivity contribution is 5.80. The minimum absolute atomic E-state index is 0.693. The number of benzene rings is 2. The van der Waals surface area contributed by atoms with Crippen LogP contribution in [0.25, 0.3) is 10.9 Å². The van der Waals surface area contributed by atoms with E-state index in [1.54, 1.807) is 0 Å². The molecule has 0 unspecified atom stereocenters. The number of pyridine rings is 1. The molecule has 2 aromatic carbocycles. The van der Waals surface area contributed by atoms with Crippen LogP contribution in [0.1, 0.15) is 18.4 Å². The van der Waals surface area contributed by atoms with Crippen LogP contribution in [-0.4, -0.2) is 36.2 Å². The average molecular weight is 348 g/mol. The molecule has 1 aromatic heterocycles. The van der Waals surface area contributed by atoms with Crippen molar-refractivity contribution < 1.29 is 9.47 Å². The van der Waals surface area contributed by atoms with Crippen molar-refractivity contribution in [1.29, 1.82) is 0 Å². The second kappa shape index (κ2) is 8.19. The van der Waals surface area contributed by atoms with E-state index in [-0.39, 0.29) is 0 Å². The number of hydrogen-bond donors (Lipinski definition) is 0. The van der Waals surface area contributed by atoms with Crippen LogP contribution in [0.15, 0.2) is 60.7 Å². The van der Waals surface area contributed by atoms with Gasteiger partial charge >= 0.3 is 0 Å². The van der Waals surface area contributed by atoms with Gasteiger partial charge in [-0.3, -0.25) is 4.90 Å². The fourth-order valence-corrected chi connectivity index (χ4v) is 3.31. The maximum absolute atomic E-state index is 5.89. The molecule has 0 saturated heterocycles. The molecule has 0 radical (unpaired) electrons. The zero-order chi connectivity index (χ0) is 17.6. The predicted octanol–water partition coefficient (Wildman–Crippen LogP) is 4.29. The Labute approximate surface area is 154 Å². The Morgan fingerprint density at radius 2 is 1.85 bits per heavy atom. The molecule has 0 amide bonds. The Hall–Kier alpha value is -2.59. The molecule has 2 heterocycles. The monoisotopic (exact) mass is 348 g/mol. The maximum atomic E-state index is 5.89. The number of unbranched alkanes of at least 4 members (excludes halogenated alkanes) is 1. The van der Waals surface area contributed by atoms with E-state index in [1.165, 1.54) is 10.9 Å². The second-order valence-corrected chi connectivity index (χ2v) is 6.64. The summed E-state index contributed by atoms with van der Waals surface area (Å²) in [6, 6.07) is 20.4. The molecule has 4 nitrogen and oxygen atoms in total. The number of fused-ring (bicyclic) bond motifs is 2. The Kier molecular flexibility index (Phi) is 5.31. The summed E-state index contributed by atoms with van der Waals surface area (Å²) in [5.41, 5.74) is 2.18. The number of para-hydroxylation sites is 2. The van der Waals surface area contributed by atoms with Gasteiger partial charge in [0.25, 0.3) is 0 Å². The van der Waals surface area contributed by atoms with Crippen LogP contribution < -0.4 is 9.47 Å². The van der Waals surface area contributed by atoms with Crippen molar-refractivity contribution in [3.05, 3.63) is 66.2 Å². The fourth-order valence-electron chi connectivity index (χ4n) is 3.31. The number of aromatic nitrogens is 1. The molecule has 0 fully saturated rings. The van der Waals surface area contributed by atoms with Crippen LogP contribution in [0, 0.1) is 0 Å². The molecule has 0 aliphatic carbocycles. The normalized spacial score (nSPS) is 14.5. The average Bonchev–Trinajstić information content (AvgIpc) is 2.88. The molecular weight excluding hydrogens is 324 g/mol. The molecule has 134 valence electrons. The van der Waals surface area contributed by atoms with Crippen molar-refractivity contribution >= 4 is 10.9 Å². The SMILES string of the molecule is c1ccc(OCCCCN2CCOc3nc4ccccc4cc3C2)cc1. The van der Waals surface area contributed by atoms with E-state index >= 15 is 0 Å². The highest BCUT2D eigenvalue weighted by Gasteiger charge is 2.17. The molecule has 0 atom stereocenters. The van der Waals surface area contributed by atoms with Crippen LogP contribution in [0.2, 0.25) is 0 Å². The summed E-state index contributed by atoms with van der Waals surface area (Å²) >= 11 is 0. The van der Waals surface area contributed by atoms with Gasteiger partial charge in [-0.25, -0.2) is 4.98 Å². The zero-order valence-corrected chi connectivity index (χ0v) is 14.9. The molecule has 4 heteroatoms. The summed E-state index contributed by atoms with van der Waals surface area (Å²) in [5, 5.41) is 1.17. The van der Waals surface area contributed by atoms with Gasteiger partial charge in [0.1, 0.15) is 12.4 Å². The summed E-state index contributed by atoms with van der Waals surface area (Å²) in [7, 11) is 0. The standard InChI is InChI=1S/C22H24N2O2/c1-2-9-20(10-3-1)25-14-7-6-12-24-13-15-26-22-19(17-24)16-18-8-4-5-11-21(18)23-22/h1-5,8-11,16H,6-7,12-15,17H2. The van der Waals surface area contributed by atoms with E-state index in [2.05, 4.69) is 28.1 Å². The number of rotatable bonds is 6. The highest BCUT2D eigenvalue weighted by atomic mass is 16.5. The molecular formula is C22H24N2O2. The van der Waals surface area contributed by atoms with E-state index in [9.17, 15) is 0 Å². The van der Waals surface area contributed by atoms with Gasteiger partial charge in [-0.15, -0.1) is 0 Å². The van der Waals surface area contributed by atoms with Gasteiger partial charge in [-0.05, 0) is 43.7 Å². The van der Waals surface area contributed by atoms with Gasteiger partial charge in [0.05, 0.1) is 12.1 Å². The molecule has 26 heavy (non-hydrogen) atoms. The molecule has 0 saturated carbocycles. The molecule has 0 N–H and O–H groups in total. The highest BCUT2D eigenvalue weighted by Crippen LogP contribution is 2.25. The van der Waals surface area contributed by atoms with E-state index in [0.29, 0.717) is 6.61 Å². The van der Waals surface area contributed by atoms with Crippen LogP contribution in [0.4, 0.5) is 0 Å². The lowest BCUT2D eigenvalue weighted by molar-refractivity contribution is 0.214. The summed E-state index contributed by atoms with van der Waals surface area (Å²) in [5.74, 6) is 1.74. The third-order valence-electron chi connectivity index (χ3n) is 4.68. The van der Waals surface area contributed by atoms with E-state index < -0.39 is 0 Å². The van der Waals surface area contributed by atoms with Crippen molar-refractivity contribution in [2.24, 2.45) is 0 Å². The first kappa shape index (κ1) is 16.9. The van der Waals surface area contributed by atoms with Gasteiger partial charge in [0.15, 0.2) is 0 Å². The van der Waals surface area contributed by atoms with E-state index in [0.717, 1.165) is 56.2 Å². The number of ether oxygens (including phenoxy) is 2. The largest absolute Gasteiger partial charge is 0.494 e. The van der Waals surface area contributed by atoms with Crippen LogP contribution in [0.3, 0.4) is 0 Å². The van der Waals surface area contributed by atoms with Crippen LogP contribution in [0.5, 0.6) is 11.6 Å². The lowest BCUT2D eigenvalue weighted by atomic mass is 10.1. The Morgan fingerprint density at radius 3 is 2.77 bits per heavy atom. The van der Waals surface area contributed by atoms with Crippen LogP contribution in [-0.2, 0) is 6.54 Å². The Morgan fingerprint density at radius 1 is 1.00 bits per heavy atom. The molecule has 0 bridgehead atoms. The third-order valence-corrected chi connectivity index (χ3v) is 4.68. The van der Waals surface area contributed by atoms with Crippen molar-refractivity contribution in [3.63, 3.8) is 0 Å².